The Balaban J connectivity index is 1.49. The summed E-state index contributed by atoms with van der Waals surface area (Å²) in [4.78, 5) is 26.4. The van der Waals surface area contributed by atoms with E-state index in [9.17, 15) is 14.0 Å². The summed E-state index contributed by atoms with van der Waals surface area (Å²) >= 11 is 0. The Hall–Kier alpha value is -3.26. The fraction of sp³-hybridized carbons (Fsp3) is 0.318. The van der Waals surface area contributed by atoms with E-state index in [0.29, 0.717) is 35.4 Å². The van der Waals surface area contributed by atoms with Gasteiger partial charge in [0.25, 0.3) is 0 Å². The molecule has 2 heterocycles. The number of rotatable bonds is 4. The Morgan fingerprint density at radius 1 is 1.20 bits per heavy atom. The van der Waals surface area contributed by atoms with Gasteiger partial charge in [-0.25, -0.2) is 4.39 Å². The number of aromatic nitrogens is 2. The second kappa shape index (κ2) is 8.23. The van der Waals surface area contributed by atoms with Crippen molar-refractivity contribution < 1.29 is 13.9 Å². The number of amides is 1. The van der Waals surface area contributed by atoms with Gasteiger partial charge in [0.1, 0.15) is 12.4 Å². The highest BCUT2D eigenvalue weighted by atomic mass is 19.1. The third-order valence-corrected chi connectivity index (χ3v) is 5.05. The molecule has 3 aromatic rings. The zero-order chi connectivity index (χ0) is 21.3. The highest BCUT2D eigenvalue weighted by molar-refractivity contribution is 5.91. The van der Waals surface area contributed by atoms with Crippen molar-refractivity contribution in [3.63, 3.8) is 0 Å². The molecule has 0 bridgehead atoms. The van der Waals surface area contributed by atoms with E-state index < -0.39 is 5.82 Å². The van der Waals surface area contributed by atoms with Crippen molar-refractivity contribution in [2.75, 3.05) is 23.3 Å². The molecule has 1 aliphatic heterocycles. The van der Waals surface area contributed by atoms with E-state index in [1.54, 1.807) is 36.4 Å². The van der Waals surface area contributed by atoms with Gasteiger partial charge >= 0.3 is 0 Å². The van der Waals surface area contributed by atoms with Crippen LogP contribution in [0.25, 0.3) is 10.9 Å². The third kappa shape index (κ3) is 4.18. The quantitative estimate of drug-likeness (QED) is 0.716. The Morgan fingerprint density at radius 2 is 1.93 bits per heavy atom. The monoisotopic (exact) mass is 410 g/mol. The summed E-state index contributed by atoms with van der Waals surface area (Å²) in [6.07, 6.45) is 1.23. The number of nitrogens with zero attached hydrogens (tertiary/aromatic N) is 3. The van der Waals surface area contributed by atoms with E-state index in [1.165, 1.54) is 16.9 Å². The maximum absolute atomic E-state index is 14.7. The summed E-state index contributed by atoms with van der Waals surface area (Å²) < 4.78 is 21.9. The predicted molar refractivity (Wildman–Crippen MR) is 113 cm³/mol. The van der Waals surface area contributed by atoms with E-state index in [-0.39, 0.29) is 30.1 Å². The number of carbonyl (C=O) groups is 1. The van der Waals surface area contributed by atoms with Crippen LogP contribution in [0, 0.1) is 5.82 Å². The van der Waals surface area contributed by atoms with Gasteiger partial charge in [0.15, 0.2) is 0 Å². The Bertz CT molecular complexity index is 1140. The molecular weight excluding hydrogens is 387 g/mol. The van der Waals surface area contributed by atoms with E-state index in [4.69, 9.17) is 4.74 Å². The highest BCUT2D eigenvalue weighted by Gasteiger charge is 2.24. The molecule has 4 rings (SSSR count). The van der Waals surface area contributed by atoms with Gasteiger partial charge in [-0.3, -0.25) is 14.3 Å². The number of nitrogens with one attached hydrogen (secondary N) is 1. The summed E-state index contributed by atoms with van der Waals surface area (Å²) in [5, 5.41) is 7.23. The fourth-order valence-electron chi connectivity index (χ4n) is 3.84. The molecule has 8 heteroatoms. The van der Waals surface area contributed by atoms with E-state index >= 15 is 0 Å². The summed E-state index contributed by atoms with van der Waals surface area (Å²) in [6, 6.07) is 11.6. The van der Waals surface area contributed by atoms with Gasteiger partial charge in [-0.15, -0.1) is 0 Å². The predicted octanol–water partition coefficient (Wildman–Crippen LogP) is 2.79. The summed E-state index contributed by atoms with van der Waals surface area (Å²) in [5.41, 5.74) is 1.22. The normalized spacial score (nSPS) is 19.1. The van der Waals surface area contributed by atoms with E-state index in [1.807, 2.05) is 18.7 Å². The number of morpholine rings is 1. The first-order valence-corrected chi connectivity index (χ1v) is 9.85. The molecule has 2 unspecified atom stereocenters. The number of carbonyl (C=O) groups excluding carboxylic acids is 1. The number of ether oxygens (including phenoxy) is 1. The lowest BCUT2D eigenvalue weighted by Gasteiger charge is -2.37. The molecule has 1 saturated heterocycles. The number of halogens is 1. The summed E-state index contributed by atoms with van der Waals surface area (Å²) in [5.74, 6) is -0.766. The fourth-order valence-corrected chi connectivity index (χ4v) is 3.84. The zero-order valence-electron chi connectivity index (χ0n) is 16.8. The van der Waals surface area contributed by atoms with Crippen molar-refractivity contribution in [3.8, 4) is 0 Å². The number of para-hydroxylation sites is 1. The van der Waals surface area contributed by atoms with Crippen LogP contribution >= 0.6 is 0 Å². The average Bonchev–Trinajstić information content (AvgIpc) is 2.69. The number of hydrogen-bond donors (Lipinski definition) is 1. The van der Waals surface area contributed by atoms with Gasteiger partial charge in [0.05, 0.1) is 29.6 Å². The van der Waals surface area contributed by atoms with Crippen molar-refractivity contribution in [1.82, 2.24) is 9.78 Å². The maximum Gasteiger partial charge on any atom is 0.246 e. The zero-order valence-corrected chi connectivity index (χ0v) is 16.8. The van der Waals surface area contributed by atoms with Crippen molar-refractivity contribution in [2.24, 2.45) is 0 Å². The standard InChI is InChI=1S/C22H23FN4O3/c1-14-11-26(12-15(2)30-14)20-8-7-16(9-18(20)23)25-22(29)13-27-19-6-4-3-5-17(19)21(28)10-24-27/h3-10,14-15H,11-13H2,1-2H3,(H,25,29). The lowest BCUT2D eigenvalue weighted by Crippen LogP contribution is -2.45. The van der Waals surface area contributed by atoms with Gasteiger partial charge in [-0.2, -0.15) is 5.10 Å². The lowest BCUT2D eigenvalue weighted by atomic mass is 10.2. The molecule has 1 aliphatic rings. The van der Waals surface area contributed by atoms with E-state index in [0.717, 1.165) is 0 Å². The minimum Gasteiger partial charge on any atom is -0.372 e. The SMILES string of the molecule is CC1CN(c2ccc(NC(=O)Cn3ncc(=O)c4ccccc43)cc2F)CC(C)O1. The van der Waals surface area contributed by atoms with Crippen molar-refractivity contribution in [2.45, 2.75) is 32.6 Å². The molecule has 0 radical (unpaired) electrons. The topological polar surface area (TPSA) is 76.5 Å². The molecule has 0 spiro atoms. The van der Waals surface area contributed by atoms with Crippen LogP contribution in [0.2, 0.25) is 0 Å². The second-order valence-corrected chi connectivity index (χ2v) is 7.56. The molecule has 1 aromatic heterocycles. The highest BCUT2D eigenvalue weighted by Crippen LogP contribution is 2.26. The van der Waals surface area contributed by atoms with Gasteiger partial charge < -0.3 is 15.0 Å². The summed E-state index contributed by atoms with van der Waals surface area (Å²) in [6.45, 7) is 5.05. The van der Waals surface area contributed by atoms with Crippen LogP contribution in [0.1, 0.15) is 13.8 Å². The molecule has 0 aliphatic carbocycles. The summed E-state index contributed by atoms with van der Waals surface area (Å²) in [7, 11) is 0. The van der Waals surface area contributed by atoms with E-state index in [2.05, 4.69) is 10.4 Å². The van der Waals surface area contributed by atoms with Crippen LogP contribution in [0.15, 0.2) is 53.5 Å². The first-order valence-electron chi connectivity index (χ1n) is 9.85. The number of benzene rings is 2. The van der Waals surface area contributed by atoms with Crippen LogP contribution in [0.5, 0.6) is 0 Å². The first kappa shape index (κ1) is 20.0. The Morgan fingerprint density at radius 3 is 2.67 bits per heavy atom. The van der Waals surface area contributed by atoms with Crippen LogP contribution in [0.4, 0.5) is 15.8 Å². The van der Waals surface area contributed by atoms with Crippen LogP contribution in [-0.4, -0.2) is 41.0 Å². The Kier molecular flexibility index (Phi) is 5.50. The molecular formula is C22H23FN4O3. The largest absolute Gasteiger partial charge is 0.372 e. The second-order valence-electron chi connectivity index (χ2n) is 7.56. The smallest absolute Gasteiger partial charge is 0.246 e. The molecule has 30 heavy (non-hydrogen) atoms. The van der Waals surface area contributed by atoms with Gasteiger partial charge in [-0.1, -0.05) is 12.1 Å². The molecule has 1 amide bonds. The van der Waals surface area contributed by atoms with Gasteiger partial charge in [0.2, 0.25) is 11.3 Å². The average molecular weight is 410 g/mol. The first-order chi connectivity index (χ1) is 14.4. The maximum atomic E-state index is 14.7. The van der Waals surface area contributed by atoms with Crippen molar-refractivity contribution >= 4 is 28.2 Å². The molecule has 156 valence electrons. The molecule has 1 fully saturated rings. The molecule has 2 atom stereocenters. The number of anilines is 2. The molecule has 2 aromatic carbocycles. The van der Waals surface area contributed by atoms with Crippen molar-refractivity contribution in [3.05, 3.63) is 64.7 Å². The van der Waals surface area contributed by atoms with Gasteiger partial charge in [-0.05, 0) is 44.2 Å². The van der Waals surface area contributed by atoms with Crippen LogP contribution < -0.4 is 15.6 Å². The minimum atomic E-state index is -0.402. The Labute approximate surface area is 173 Å². The lowest BCUT2D eigenvalue weighted by molar-refractivity contribution is -0.116. The molecule has 0 saturated carbocycles. The van der Waals surface area contributed by atoms with Crippen LogP contribution in [0.3, 0.4) is 0 Å². The molecule has 1 N–H and O–H groups in total. The molecule has 7 nitrogen and oxygen atoms in total. The number of hydrogen-bond acceptors (Lipinski definition) is 5. The van der Waals surface area contributed by atoms with Gasteiger partial charge in [0, 0.05) is 24.2 Å². The minimum absolute atomic E-state index is 0.0207. The van der Waals surface area contributed by atoms with Crippen molar-refractivity contribution in [1.29, 1.82) is 0 Å². The van der Waals surface area contributed by atoms with Crippen LogP contribution in [-0.2, 0) is 16.1 Å². The third-order valence-electron chi connectivity index (χ3n) is 5.05. The number of fused-ring (bicyclic) bond motifs is 1.